The molecule has 1 N–H and O–H groups in total. The molecule has 0 radical (unpaired) electrons. The van der Waals surface area contributed by atoms with Gasteiger partial charge in [0.05, 0.1) is 11.8 Å². The third-order valence-electron chi connectivity index (χ3n) is 2.06. The molecule has 0 spiro atoms. The second kappa shape index (κ2) is 8.48. The molecule has 0 fully saturated rings. The Balaban J connectivity index is 2.97. The van der Waals surface area contributed by atoms with Crippen molar-refractivity contribution in [2.24, 2.45) is 5.16 Å². The standard InChI is InChI=1S/C13H15ClN2O3/c1-3-18-13(19-4-2)6-5-10-8-15-12(14)7-11(10)9-16-17/h7-9,13,17H,3-4H2,1-2H3/b16-9+. The number of halogens is 1. The number of ether oxygens (including phenoxy) is 2. The monoisotopic (exact) mass is 282 g/mol. The molecular formula is C13H15ClN2O3. The SMILES string of the molecule is CCOC(C#Cc1cnc(Cl)cc1/C=N/O)OCC. The van der Waals surface area contributed by atoms with Gasteiger partial charge in [0, 0.05) is 25.0 Å². The van der Waals surface area contributed by atoms with Gasteiger partial charge in [0.1, 0.15) is 5.15 Å². The Labute approximate surface area is 117 Å². The van der Waals surface area contributed by atoms with Gasteiger partial charge in [-0.25, -0.2) is 4.98 Å². The summed E-state index contributed by atoms with van der Waals surface area (Å²) >= 11 is 5.76. The van der Waals surface area contributed by atoms with Crippen LogP contribution in [0.1, 0.15) is 25.0 Å². The number of rotatable bonds is 5. The molecular weight excluding hydrogens is 268 g/mol. The first kappa shape index (κ1) is 15.4. The summed E-state index contributed by atoms with van der Waals surface area (Å²) in [7, 11) is 0. The minimum atomic E-state index is -0.593. The van der Waals surface area contributed by atoms with Crippen LogP contribution in [0.3, 0.4) is 0 Å². The van der Waals surface area contributed by atoms with Gasteiger partial charge in [-0.1, -0.05) is 22.7 Å². The first-order valence-electron chi connectivity index (χ1n) is 5.79. The molecule has 0 amide bonds. The normalized spacial score (nSPS) is 10.7. The summed E-state index contributed by atoms with van der Waals surface area (Å²) in [5.74, 6) is 5.71. The van der Waals surface area contributed by atoms with Crippen LogP contribution in [-0.2, 0) is 9.47 Å². The van der Waals surface area contributed by atoms with Crippen molar-refractivity contribution >= 4 is 17.8 Å². The van der Waals surface area contributed by atoms with E-state index in [2.05, 4.69) is 22.0 Å². The van der Waals surface area contributed by atoms with Crippen LogP contribution < -0.4 is 0 Å². The highest BCUT2D eigenvalue weighted by Gasteiger charge is 2.04. The molecule has 19 heavy (non-hydrogen) atoms. The van der Waals surface area contributed by atoms with Crippen molar-refractivity contribution in [1.82, 2.24) is 4.98 Å². The van der Waals surface area contributed by atoms with Gasteiger partial charge in [-0.3, -0.25) is 0 Å². The Kier molecular flexibility index (Phi) is 6.90. The summed E-state index contributed by atoms with van der Waals surface area (Å²) in [6.45, 7) is 4.73. The average Bonchev–Trinajstić information content (AvgIpc) is 2.38. The Morgan fingerprint density at radius 2 is 2.16 bits per heavy atom. The largest absolute Gasteiger partial charge is 0.411 e. The predicted octanol–water partition coefficient (Wildman–Crippen LogP) is 2.29. The lowest BCUT2D eigenvalue weighted by molar-refractivity contribution is -0.0969. The molecule has 0 saturated heterocycles. The summed E-state index contributed by atoms with van der Waals surface area (Å²) < 4.78 is 10.6. The van der Waals surface area contributed by atoms with E-state index < -0.39 is 6.29 Å². The third-order valence-corrected chi connectivity index (χ3v) is 2.27. The minimum Gasteiger partial charge on any atom is -0.411 e. The summed E-state index contributed by atoms with van der Waals surface area (Å²) in [6, 6.07) is 1.56. The summed E-state index contributed by atoms with van der Waals surface area (Å²) in [6.07, 6.45) is 2.15. The van der Waals surface area contributed by atoms with E-state index in [1.165, 1.54) is 12.4 Å². The first-order chi connectivity index (χ1) is 9.21. The van der Waals surface area contributed by atoms with Gasteiger partial charge >= 0.3 is 0 Å². The molecule has 0 unspecified atom stereocenters. The Morgan fingerprint density at radius 1 is 1.47 bits per heavy atom. The summed E-state index contributed by atoms with van der Waals surface area (Å²) in [4.78, 5) is 3.93. The maximum absolute atomic E-state index is 8.59. The van der Waals surface area contributed by atoms with Crippen molar-refractivity contribution < 1.29 is 14.7 Å². The molecule has 0 aliphatic heterocycles. The number of hydrogen-bond acceptors (Lipinski definition) is 5. The quantitative estimate of drug-likeness (QED) is 0.225. The van der Waals surface area contributed by atoms with Gasteiger partial charge in [0.25, 0.3) is 0 Å². The number of hydrogen-bond donors (Lipinski definition) is 1. The van der Waals surface area contributed by atoms with Gasteiger partial charge in [-0.05, 0) is 25.8 Å². The van der Waals surface area contributed by atoms with Gasteiger partial charge in [0.2, 0.25) is 6.29 Å². The molecule has 0 atom stereocenters. The van der Waals surface area contributed by atoms with E-state index >= 15 is 0 Å². The molecule has 1 aromatic rings. The van der Waals surface area contributed by atoms with Gasteiger partial charge in [-0.15, -0.1) is 0 Å². The van der Waals surface area contributed by atoms with E-state index in [4.69, 9.17) is 26.3 Å². The minimum absolute atomic E-state index is 0.298. The lowest BCUT2D eigenvalue weighted by atomic mass is 10.1. The summed E-state index contributed by atoms with van der Waals surface area (Å²) in [5.41, 5.74) is 1.15. The highest BCUT2D eigenvalue weighted by atomic mass is 35.5. The molecule has 0 aliphatic carbocycles. The highest BCUT2D eigenvalue weighted by Crippen LogP contribution is 2.10. The topological polar surface area (TPSA) is 63.9 Å². The average molecular weight is 283 g/mol. The van der Waals surface area contributed by atoms with Gasteiger partial charge < -0.3 is 14.7 Å². The van der Waals surface area contributed by atoms with Crippen LogP contribution in [0.5, 0.6) is 0 Å². The first-order valence-corrected chi connectivity index (χ1v) is 6.16. The lowest BCUT2D eigenvalue weighted by Crippen LogP contribution is -2.14. The Bertz CT molecular complexity index is 488. The van der Waals surface area contributed by atoms with E-state index in [1.54, 1.807) is 6.07 Å². The fraction of sp³-hybridized carbons (Fsp3) is 0.385. The predicted molar refractivity (Wildman–Crippen MR) is 72.5 cm³/mol. The van der Waals surface area contributed by atoms with Gasteiger partial charge in [-0.2, -0.15) is 0 Å². The van der Waals surface area contributed by atoms with Crippen molar-refractivity contribution in [2.45, 2.75) is 20.1 Å². The molecule has 6 heteroatoms. The van der Waals surface area contributed by atoms with Crippen molar-refractivity contribution in [3.63, 3.8) is 0 Å². The van der Waals surface area contributed by atoms with E-state index in [1.807, 2.05) is 13.8 Å². The van der Waals surface area contributed by atoms with Gasteiger partial charge in [0.15, 0.2) is 0 Å². The van der Waals surface area contributed by atoms with Crippen molar-refractivity contribution in [1.29, 1.82) is 0 Å². The molecule has 0 bridgehead atoms. The molecule has 0 aromatic carbocycles. The molecule has 0 aliphatic rings. The fourth-order valence-corrected chi connectivity index (χ4v) is 1.45. The third kappa shape index (κ3) is 5.26. The van der Waals surface area contributed by atoms with Crippen molar-refractivity contribution in [3.8, 4) is 11.8 Å². The molecule has 102 valence electrons. The molecule has 0 saturated carbocycles. The Morgan fingerprint density at radius 3 is 2.74 bits per heavy atom. The highest BCUT2D eigenvalue weighted by molar-refractivity contribution is 6.29. The van der Waals surface area contributed by atoms with E-state index in [9.17, 15) is 0 Å². The van der Waals surface area contributed by atoms with Crippen LogP contribution in [0.25, 0.3) is 0 Å². The second-order valence-electron chi connectivity index (χ2n) is 3.35. The lowest BCUT2D eigenvalue weighted by Gasteiger charge is -2.09. The van der Waals surface area contributed by atoms with Crippen molar-refractivity contribution in [3.05, 3.63) is 28.5 Å². The van der Waals surface area contributed by atoms with Crippen LogP contribution >= 0.6 is 11.6 Å². The zero-order chi connectivity index (χ0) is 14.1. The number of pyridine rings is 1. The van der Waals surface area contributed by atoms with Crippen LogP contribution in [0.15, 0.2) is 17.4 Å². The number of nitrogens with zero attached hydrogens (tertiary/aromatic N) is 2. The van der Waals surface area contributed by atoms with E-state index in [0.717, 1.165) is 0 Å². The molecule has 5 nitrogen and oxygen atoms in total. The van der Waals surface area contributed by atoms with E-state index in [-0.39, 0.29) is 0 Å². The summed E-state index contributed by atoms with van der Waals surface area (Å²) in [5, 5.41) is 11.9. The smallest absolute Gasteiger partial charge is 0.222 e. The van der Waals surface area contributed by atoms with Crippen LogP contribution in [0, 0.1) is 11.8 Å². The van der Waals surface area contributed by atoms with Crippen molar-refractivity contribution in [2.75, 3.05) is 13.2 Å². The molecule has 1 heterocycles. The number of aromatic nitrogens is 1. The fourth-order valence-electron chi connectivity index (χ4n) is 1.29. The van der Waals surface area contributed by atoms with Crippen LogP contribution in [-0.4, -0.2) is 35.9 Å². The molecule has 1 aromatic heterocycles. The van der Waals surface area contributed by atoms with Crippen LogP contribution in [0.2, 0.25) is 5.15 Å². The maximum atomic E-state index is 8.59. The number of oxime groups is 1. The van der Waals surface area contributed by atoms with Crippen LogP contribution in [0.4, 0.5) is 0 Å². The maximum Gasteiger partial charge on any atom is 0.222 e. The zero-order valence-corrected chi connectivity index (χ0v) is 11.5. The second-order valence-corrected chi connectivity index (χ2v) is 3.74. The van der Waals surface area contributed by atoms with E-state index in [0.29, 0.717) is 29.5 Å². The Hall–Kier alpha value is -1.61. The molecule has 1 rings (SSSR count). The zero-order valence-electron chi connectivity index (χ0n) is 10.8.